The highest BCUT2D eigenvalue weighted by Gasteiger charge is 2.07. The number of pyridine rings is 1. The molecule has 0 atom stereocenters. The van der Waals surface area contributed by atoms with Gasteiger partial charge in [0.2, 0.25) is 15.9 Å². The molecule has 1 aromatic rings. The number of primary sulfonamides is 1. The number of rotatable bonds is 6. The lowest BCUT2D eigenvalue weighted by Crippen LogP contribution is -2.12. The van der Waals surface area contributed by atoms with Crippen LogP contribution in [0.4, 0.5) is 0 Å². The van der Waals surface area contributed by atoms with Crippen LogP contribution in [0.25, 0.3) is 0 Å². The Kier molecular flexibility index (Phi) is 4.89. The molecule has 0 aromatic carbocycles. The molecular formula is C11H18N2O3S. The summed E-state index contributed by atoms with van der Waals surface area (Å²) in [5.74, 6) is 1.07. The Morgan fingerprint density at radius 3 is 2.59 bits per heavy atom. The third-order valence-corrected chi connectivity index (χ3v) is 3.11. The van der Waals surface area contributed by atoms with Crippen LogP contribution in [0.3, 0.4) is 0 Å². The largest absolute Gasteiger partial charge is 0.478 e. The van der Waals surface area contributed by atoms with E-state index in [9.17, 15) is 8.42 Å². The van der Waals surface area contributed by atoms with Crippen LogP contribution in [0, 0.1) is 5.92 Å². The molecule has 0 bridgehead atoms. The van der Waals surface area contributed by atoms with Gasteiger partial charge < -0.3 is 4.74 Å². The van der Waals surface area contributed by atoms with Crippen molar-refractivity contribution in [3.63, 3.8) is 0 Å². The Morgan fingerprint density at radius 2 is 2.12 bits per heavy atom. The molecule has 0 aliphatic rings. The Bertz CT molecular complexity index is 440. The lowest BCUT2D eigenvalue weighted by Gasteiger charge is -2.07. The molecule has 96 valence electrons. The zero-order chi connectivity index (χ0) is 12.9. The van der Waals surface area contributed by atoms with Crippen LogP contribution in [0.2, 0.25) is 0 Å². The predicted molar refractivity (Wildman–Crippen MR) is 65.2 cm³/mol. The van der Waals surface area contributed by atoms with Crippen molar-refractivity contribution in [3.8, 4) is 5.88 Å². The highest BCUT2D eigenvalue weighted by Crippen LogP contribution is 2.11. The van der Waals surface area contributed by atoms with E-state index in [4.69, 9.17) is 9.88 Å². The van der Waals surface area contributed by atoms with E-state index in [1.54, 1.807) is 0 Å². The smallest absolute Gasteiger partial charge is 0.239 e. The Balaban J connectivity index is 2.46. The minimum atomic E-state index is -3.67. The number of ether oxygens (including phenoxy) is 1. The summed E-state index contributed by atoms with van der Waals surface area (Å²) in [6.45, 7) is 4.89. The lowest BCUT2D eigenvalue weighted by molar-refractivity contribution is 0.287. The molecule has 0 radical (unpaired) electrons. The average Bonchev–Trinajstić information content (AvgIpc) is 2.23. The van der Waals surface area contributed by atoms with Gasteiger partial charge in [-0.2, -0.15) is 0 Å². The van der Waals surface area contributed by atoms with Crippen molar-refractivity contribution in [2.45, 2.75) is 31.6 Å². The van der Waals surface area contributed by atoms with Gasteiger partial charge in [0.1, 0.15) is 4.90 Å². The molecule has 0 saturated heterocycles. The summed E-state index contributed by atoms with van der Waals surface area (Å²) >= 11 is 0. The Labute approximate surface area is 102 Å². The van der Waals surface area contributed by atoms with E-state index in [-0.39, 0.29) is 4.90 Å². The minimum Gasteiger partial charge on any atom is -0.478 e. The SMILES string of the molecule is CC(C)CCCOc1ccc(S(N)(=O)=O)cn1. The fourth-order valence-electron chi connectivity index (χ4n) is 1.29. The maximum Gasteiger partial charge on any atom is 0.239 e. The van der Waals surface area contributed by atoms with Crippen molar-refractivity contribution < 1.29 is 13.2 Å². The third kappa shape index (κ3) is 5.14. The molecule has 0 unspecified atom stereocenters. The fraction of sp³-hybridized carbons (Fsp3) is 0.545. The molecule has 0 amide bonds. The molecule has 1 heterocycles. The quantitative estimate of drug-likeness (QED) is 0.785. The topological polar surface area (TPSA) is 82.3 Å². The van der Waals surface area contributed by atoms with Crippen LogP contribution >= 0.6 is 0 Å². The predicted octanol–water partition coefficient (Wildman–Crippen LogP) is 1.54. The first-order chi connectivity index (χ1) is 7.89. The first kappa shape index (κ1) is 13.9. The van der Waals surface area contributed by atoms with Crippen LogP contribution < -0.4 is 9.88 Å². The summed E-state index contributed by atoms with van der Waals surface area (Å²) in [4.78, 5) is 3.87. The van der Waals surface area contributed by atoms with Crippen molar-refractivity contribution in [1.82, 2.24) is 4.98 Å². The molecule has 0 saturated carbocycles. The highest BCUT2D eigenvalue weighted by atomic mass is 32.2. The molecule has 2 N–H and O–H groups in total. The van der Waals surface area contributed by atoms with E-state index in [1.807, 2.05) is 0 Å². The van der Waals surface area contributed by atoms with E-state index in [2.05, 4.69) is 18.8 Å². The van der Waals surface area contributed by atoms with Crippen LogP contribution in [-0.4, -0.2) is 20.0 Å². The molecule has 5 nitrogen and oxygen atoms in total. The van der Waals surface area contributed by atoms with Gasteiger partial charge in [0.05, 0.1) is 12.8 Å². The van der Waals surface area contributed by atoms with Crippen LogP contribution in [0.5, 0.6) is 5.88 Å². The number of nitrogens with two attached hydrogens (primary N) is 1. The molecule has 0 aliphatic heterocycles. The zero-order valence-corrected chi connectivity index (χ0v) is 10.9. The highest BCUT2D eigenvalue weighted by molar-refractivity contribution is 7.89. The lowest BCUT2D eigenvalue weighted by atomic mass is 10.1. The van der Waals surface area contributed by atoms with E-state index in [0.29, 0.717) is 18.4 Å². The zero-order valence-electron chi connectivity index (χ0n) is 10.1. The van der Waals surface area contributed by atoms with Crippen molar-refractivity contribution in [2.75, 3.05) is 6.61 Å². The summed E-state index contributed by atoms with van der Waals surface area (Å²) in [5, 5.41) is 4.95. The molecule has 0 aliphatic carbocycles. The van der Waals surface area contributed by atoms with Gasteiger partial charge in [-0.05, 0) is 24.8 Å². The second-order valence-electron chi connectivity index (χ2n) is 4.26. The first-order valence-corrected chi connectivity index (χ1v) is 7.06. The summed E-state index contributed by atoms with van der Waals surface area (Å²) < 4.78 is 27.3. The van der Waals surface area contributed by atoms with Gasteiger partial charge >= 0.3 is 0 Å². The van der Waals surface area contributed by atoms with E-state index in [1.165, 1.54) is 18.3 Å². The standard InChI is InChI=1S/C11H18N2O3S/c1-9(2)4-3-7-16-11-6-5-10(8-13-11)17(12,14)15/h5-6,8-9H,3-4,7H2,1-2H3,(H2,12,14,15). The second-order valence-corrected chi connectivity index (χ2v) is 5.82. The number of hydrogen-bond acceptors (Lipinski definition) is 4. The van der Waals surface area contributed by atoms with Gasteiger partial charge in [0, 0.05) is 6.07 Å². The van der Waals surface area contributed by atoms with Crippen molar-refractivity contribution >= 4 is 10.0 Å². The maximum atomic E-state index is 11.0. The summed E-state index contributed by atoms with van der Waals surface area (Å²) in [6.07, 6.45) is 3.25. The van der Waals surface area contributed by atoms with Gasteiger partial charge in [-0.1, -0.05) is 13.8 Å². The number of aromatic nitrogens is 1. The first-order valence-electron chi connectivity index (χ1n) is 5.51. The molecule has 0 spiro atoms. The number of hydrogen-bond donors (Lipinski definition) is 1. The summed E-state index contributed by atoms with van der Waals surface area (Å²) in [7, 11) is -3.67. The second kappa shape index (κ2) is 5.97. The molecular weight excluding hydrogens is 240 g/mol. The summed E-state index contributed by atoms with van der Waals surface area (Å²) in [5.41, 5.74) is 0. The van der Waals surface area contributed by atoms with Gasteiger partial charge in [0.25, 0.3) is 0 Å². The Morgan fingerprint density at radius 1 is 1.41 bits per heavy atom. The molecule has 1 aromatic heterocycles. The Hall–Kier alpha value is -1.14. The van der Waals surface area contributed by atoms with Gasteiger partial charge in [-0.25, -0.2) is 18.5 Å². The monoisotopic (exact) mass is 258 g/mol. The molecule has 6 heteroatoms. The van der Waals surface area contributed by atoms with Crippen LogP contribution in [0.1, 0.15) is 26.7 Å². The van der Waals surface area contributed by atoms with E-state index < -0.39 is 10.0 Å². The maximum absolute atomic E-state index is 11.0. The van der Waals surface area contributed by atoms with Crippen molar-refractivity contribution in [2.24, 2.45) is 11.1 Å². The van der Waals surface area contributed by atoms with Gasteiger partial charge in [-0.15, -0.1) is 0 Å². The normalized spacial score (nSPS) is 11.8. The average molecular weight is 258 g/mol. The van der Waals surface area contributed by atoms with Gasteiger partial charge in [0.15, 0.2) is 0 Å². The molecule has 17 heavy (non-hydrogen) atoms. The molecule has 0 fully saturated rings. The van der Waals surface area contributed by atoms with Crippen molar-refractivity contribution in [1.29, 1.82) is 0 Å². The molecule has 1 rings (SSSR count). The third-order valence-electron chi connectivity index (χ3n) is 2.21. The number of nitrogens with zero attached hydrogens (tertiary/aromatic N) is 1. The van der Waals surface area contributed by atoms with Gasteiger partial charge in [-0.3, -0.25) is 0 Å². The summed E-state index contributed by atoms with van der Waals surface area (Å²) in [6, 6.07) is 2.90. The minimum absolute atomic E-state index is 0.00738. The van der Waals surface area contributed by atoms with Crippen LogP contribution in [0.15, 0.2) is 23.2 Å². The van der Waals surface area contributed by atoms with E-state index in [0.717, 1.165) is 12.8 Å². The van der Waals surface area contributed by atoms with Crippen molar-refractivity contribution in [3.05, 3.63) is 18.3 Å². The fourth-order valence-corrected chi connectivity index (χ4v) is 1.75. The number of sulfonamides is 1. The van der Waals surface area contributed by atoms with Crippen LogP contribution in [-0.2, 0) is 10.0 Å². The van der Waals surface area contributed by atoms with E-state index >= 15 is 0 Å².